The summed E-state index contributed by atoms with van der Waals surface area (Å²) in [7, 11) is 0. The number of amides is 3. The first-order valence-corrected chi connectivity index (χ1v) is 14.3. The van der Waals surface area contributed by atoms with Gasteiger partial charge in [-0.25, -0.2) is 0 Å². The second-order valence-corrected chi connectivity index (χ2v) is 9.82. The van der Waals surface area contributed by atoms with Crippen molar-refractivity contribution in [1.82, 2.24) is 15.5 Å². The molecular weight excluding hydrogens is 516 g/mol. The number of ether oxygens (including phenoxy) is 1. The highest BCUT2D eigenvalue weighted by Gasteiger charge is 2.33. The predicted octanol–water partition coefficient (Wildman–Crippen LogP) is 3.76. The minimum atomic E-state index is -0.824. The highest BCUT2D eigenvalue weighted by molar-refractivity contribution is 5.92. The zero-order chi connectivity index (χ0) is 29.6. The van der Waals surface area contributed by atoms with Crippen LogP contribution in [-0.2, 0) is 40.3 Å². The van der Waals surface area contributed by atoms with Crippen molar-refractivity contribution < 1.29 is 19.1 Å². The quantitative estimate of drug-likeness (QED) is 0.263. The molecule has 218 valence electrons. The van der Waals surface area contributed by atoms with Crippen molar-refractivity contribution in [3.63, 3.8) is 0 Å². The number of carbonyl (C=O) groups excluding carboxylic acids is 3. The summed E-state index contributed by atoms with van der Waals surface area (Å²) in [5.74, 6) is -0.0420. The summed E-state index contributed by atoms with van der Waals surface area (Å²) in [6.45, 7) is 7.15. The largest absolute Gasteiger partial charge is 0.494 e. The average Bonchev–Trinajstić information content (AvgIpc) is 3.01. The molecule has 0 radical (unpaired) electrons. The van der Waals surface area contributed by atoms with E-state index >= 15 is 0 Å². The smallest absolute Gasteiger partial charge is 0.246 e. The first-order valence-electron chi connectivity index (χ1n) is 14.3. The molecule has 0 unspecified atom stereocenters. The maximum atomic E-state index is 14.1. The lowest BCUT2D eigenvalue weighted by Crippen LogP contribution is -2.57. The fourth-order valence-corrected chi connectivity index (χ4v) is 4.63. The fourth-order valence-electron chi connectivity index (χ4n) is 4.63. The molecule has 8 nitrogen and oxygen atoms in total. The molecule has 0 aliphatic carbocycles. The zero-order valence-electron chi connectivity index (χ0n) is 24.3. The molecule has 0 aliphatic rings. The van der Waals surface area contributed by atoms with Gasteiger partial charge in [-0.2, -0.15) is 0 Å². The van der Waals surface area contributed by atoms with E-state index in [0.717, 1.165) is 28.0 Å². The highest BCUT2D eigenvalue weighted by atomic mass is 16.5. The monoisotopic (exact) mass is 558 g/mol. The van der Waals surface area contributed by atoms with Gasteiger partial charge < -0.3 is 26.0 Å². The molecule has 3 aromatic rings. The Kier molecular flexibility index (Phi) is 12.4. The predicted molar refractivity (Wildman–Crippen MR) is 161 cm³/mol. The Hall–Kier alpha value is -4.17. The van der Waals surface area contributed by atoms with Crippen molar-refractivity contribution >= 4 is 17.7 Å². The molecule has 0 aromatic heterocycles. The topological polar surface area (TPSA) is 114 Å². The van der Waals surface area contributed by atoms with Gasteiger partial charge in [0, 0.05) is 38.9 Å². The molecule has 3 aromatic carbocycles. The van der Waals surface area contributed by atoms with E-state index in [1.807, 2.05) is 92.7 Å². The molecule has 0 fully saturated rings. The second-order valence-electron chi connectivity index (χ2n) is 9.82. The molecule has 8 heteroatoms. The average molecular weight is 559 g/mol. The van der Waals surface area contributed by atoms with Crippen LogP contribution in [0, 0.1) is 0 Å². The summed E-state index contributed by atoms with van der Waals surface area (Å²) in [5, 5.41) is 5.91. The van der Waals surface area contributed by atoms with Gasteiger partial charge in [0.1, 0.15) is 17.8 Å². The molecule has 0 saturated carbocycles. The number of hydrogen-bond donors (Lipinski definition) is 3. The molecular formula is C33H42N4O4. The first-order chi connectivity index (χ1) is 19.9. The van der Waals surface area contributed by atoms with Crippen LogP contribution in [0.15, 0.2) is 78.9 Å². The second kappa shape index (κ2) is 16.2. The van der Waals surface area contributed by atoms with Gasteiger partial charge in [-0.3, -0.25) is 14.4 Å². The van der Waals surface area contributed by atoms with E-state index < -0.39 is 12.1 Å². The van der Waals surface area contributed by atoms with Gasteiger partial charge in [0.15, 0.2) is 0 Å². The number of benzene rings is 3. The molecule has 3 amide bonds. The lowest BCUT2D eigenvalue weighted by Gasteiger charge is -2.33. The number of nitrogens with two attached hydrogens (primary N) is 1. The van der Waals surface area contributed by atoms with E-state index in [2.05, 4.69) is 10.6 Å². The van der Waals surface area contributed by atoms with Crippen molar-refractivity contribution in [2.45, 2.75) is 65.2 Å². The lowest BCUT2D eigenvalue weighted by atomic mass is 10.00. The molecule has 41 heavy (non-hydrogen) atoms. The SMILES string of the molecule is CCOc1ccc(C[C@@H](NC(=O)CC)C(=O)N(CC)[C@@H](Cc2ccccc2)C(=O)NCc2ccc(CN)cc2)cc1. The van der Waals surface area contributed by atoms with Crippen LogP contribution in [0.2, 0.25) is 0 Å². The van der Waals surface area contributed by atoms with Crippen molar-refractivity contribution in [2.75, 3.05) is 13.2 Å². The molecule has 0 aliphatic heterocycles. The van der Waals surface area contributed by atoms with Crippen LogP contribution >= 0.6 is 0 Å². The van der Waals surface area contributed by atoms with Gasteiger partial charge in [-0.1, -0.05) is 73.7 Å². The normalized spacial score (nSPS) is 12.2. The van der Waals surface area contributed by atoms with Crippen LogP contribution in [0.1, 0.15) is 49.4 Å². The molecule has 4 N–H and O–H groups in total. The molecule has 0 bridgehead atoms. The van der Waals surface area contributed by atoms with Gasteiger partial charge in [0.25, 0.3) is 0 Å². The van der Waals surface area contributed by atoms with Crippen molar-refractivity contribution in [3.8, 4) is 5.75 Å². The van der Waals surface area contributed by atoms with Gasteiger partial charge in [-0.15, -0.1) is 0 Å². The van der Waals surface area contributed by atoms with Crippen LogP contribution in [0.4, 0.5) is 0 Å². The fraction of sp³-hybridized carbons (Fsp3) is 0.364. The Balaban J connectivity index is 1.85. The first kappa shape index (κ1) is 31.4. The molecule has 0 saturated heterocycles. The molecule has 3 rings (SSSR count). The zero-order valence-corrected chi connectivity index (χ0v) is 24.3. The summed E-state index contributed by atoms with van der Waals surface area (Å²) in [4.78, 5) is 41.8. The van der Waals surface area contributed by atoms with Crippen LogP contribution in [0.25, 0.3) is 0 Å². The van der Waals surface area contributed by atoms with E-state index in [9.17, 15) is 14.4 Å². The van der Waals surface area contributed by atoms with E-state index in [-0.39, 0.29) is 24.1 Å². The number of nitrogens with zero attached hydrogens (tertiary/aromatic N) is 1. The van der Waals surface area contributed by atoms with E-state index in [0.29, 0.717) is 39.1 Å². The van der Waals surface area contributed by atoms with Crippen LogP contribution in [-0.4, -0.2) is 47.9 Å². The highest BCUT2D eigenvalue weighted by Crippen LogP contribution is 2.17. The minimum absolute atomic E-state index is 0.227. The van der Waals surface area contributed by atoms with E-state index in [4.69, 9.17) is 10.5 Å². The number of carbonyl (C=O) groups is 3. The third-order valence-corrected chi connectivity index (χ3v) is 6.93. The minimum Gasteiger partial charge on any atom is -0.494 e. The summed E-state index contributed by atoms with van der Waals surface area (Å²) in [5.41, 5.74) is 9.47. The number of hydrogen-bond acceptors (Lipinski definition) is 5. The van der Waals surface area contributed by atoms with E-state index in [1.165, 1.54) is 0 Å². The summed E-state index contributed by atoms with van der Waals surface area (Å²) < 4.78 is 5.54. The Morgan fingerprint density at radius 3 is 2.00 bits per heavy atom. The number of nitrogens with one attached hydrogen (secondary N) is 2. The van der Waals surface area contributed by atoms with Crippen LogP contribution in [0.5, 0.6) is 5.75 Å². The maximum Gasteiger partial charge on any atom is 0.246 e. The van der Waals surface area contributed by atoms with Crippen LogP contribution in [0.3, 0.4) is 0 Å². The Morgan fingerprint density at radius 2 is 1.41 bits per heavy atom. The standard InChI is InChI=1S/C33H42N4O4/c1-4-31(38)36-29(20-25-16-18-28(19-17-25)41-6-3)33(40)37(5-2)30(21-24-10-8-7-9-11-24)32(39)35-23-27-14-12-26(22-34)13-15-27/h7-19,29-30H,4-6,20-23,34H2,1-3H3,(H,35,39)(H,36,38)/t29-,30+/m1/s1. The third kappa shape index (κ3) is 9.46. The summed E-state index contributed by atoms with van der Waals surface area (Å²) in [6, 6.07) is 23.3. The molecule has 0 heterocycles. The van der Waals surface area contributed by atoms with Gasteiger partial charge >= 0.3 is 0 Å². The van der Waals surface area contributed by atoms with Crippen LogP contribution < -0.4 is 21.1 Å². The van der Waals surface area contributed by atoms with Crippen molar-refractivity contribution in [1.29, 1.82) is 0 Å². The lowest BCUT2D eigenvalue weighted by molar-refractivity contribution is -0.143. The van der Waals surface area contributed by atoms with Gasteiger partial charge in [-0.05, 0) is 48.2 Å². The number of likely N-dealkylation sites (N-methyl/N-ethyl adjacent to an activating group) is 1. The van der Waals surface area contributed by atoms with Gasteiger partial charge in [0.05, 0.1) is 6.61 Å². The summed E-state index contributed by atoms with van der Waals surface area (Å²) in [6.07, 6.45) is 0.882. The molecule has 2 atom stereocenters. The Morgan fingerprint density at radius 1 is 0.805 bits per heavy atom. The van der Waals surface area contributed by atoms with Crippen molar-refractivity contribution in [3.05, 3.63) is 101 Å². The van der Waals surface area contributed by atoms with Gasteiger partial charge in [0.2, 0.25) is 17.7 Å². The Bertz CT molecular complexity index is 1250. The maximum absolute atomic E-state index is 14.1. The number of rotatable bonds is 15. The van der Waals surface area contributed by atoms with E-state index in [1.54, 1.807) is 11.8 Å². The summed E-state index contributed by atoms with van der Waals surface area (Å²) >= 11 is 0. The third-order valence-electron chi connectivity index (χ3n) is 6.93. The Labute approximate surface area is 243 Å². The molecule has 0 spiro atoms. The van der Waals surface area contributed by atoms with Crippen molar-refractivity contribution in [2.24, 2.45) is 5.73 Å².